The van der Waals surface area contributed by atoms with Crippen LogP contribution in [0.15, 0.2) is 78.2 Å². The highest BCUT2D eigenvalue weighted by Gasteiger charge is 2.23. The number of hydrogen-bond donors (Lipinski definition) is 0. The summed E-state index contributed by atoms with van der Waals surface area (Å²) in [6.45, 7) is 2.64. The van der Waals surface area contributed by atoms with E-state index in [0.29, 0.717) is 37.2 Å². The lowest BCUT2D eigenvalue weighted by molar-refractivity contribution is -0.128. The average molecular weight is 505 g/mol. The fraction of sp³-hybridized carbons (Fsp3) is 0.231. The van der Waals surface area contributed by atoms with E-state index < -0.39 is 0 Å². The van der Waals surface area contributed by atoms with Crippen molar-refractivity contribution in [1.29, 1.82) is 0 Å². The highest BCUT2D eigenvalue weighted by molar-refractivity contribution is 7.99. The molecule has 1 saturated heterocycles. The maximum Gasteiger partial charge on any atom is 0.233 e. The van der Waals surface area contributed by atoms with Gasteiger partial charge < -0.3 is 14.5 Å². The monoisotopic (exact) mass is 504 g/mol. The van der Waals surface area contributed by atoms with Gasteiger partial charge >= 0.3 is 0 Å². The fourth-order valence-corrected chi connectivity index (χ4v) is 4.95. The molecule has 2 aromatic heterocycles. The SMILES string of the molecule is COc1ccc(-n2c(SCC(=O)N3CCN(c4ccc(F)cc4)CC3)nnc2-c2ccncc2)cc1. The molecule has 0 saturated carbocycles. The molecule has 0 spiro atoms. The van der Waals surface area contributed by atoms with E-state index in [1.165, 1.54) is 23.9 Å². The van der Waals surface area contributed by atoms with E-state index in [1.807, 2.05) is 45.9 Å². The second-order valence-electron chi connectivity index (χ2n) is 8.21. The molecular weight excluding hydrogens is 479 g/mol. The minimum Gasteiger partial charge on any atom is -0.497 e. The Morgan fingerprint density at radius 1 is 0.917 bits per heavy atom. The summed E-state index contributed by atoms with van der Waals surface area (Å²) >= 11 is 1.36. The van der Waals surface area contributed by atoms with Gasteiger partial charge in [0.1, 0.15) is 11.6 Å². The zero-order valence-electron chi connectivity index (χ0n) is 19.7. The van der Waals surface area contributed by atoms with E-state index in [2.05, 4.69) is 20.1 Å². The Morgan fingerprint density at radius 3 is 2.25 bits per heavy atom. The van der Waals surface area contributed by atoms with Gasteiger partial charge in [0.2, 0.25) is 5.91 Å². The van der Waals surface area contributed by atoms with Crippen LogP contribution in [0.4, 0.5) is 10.1 Å². The third-order valence-corrected chi connectivity index (χ3v) is 6.97. The first-order valence-corrected chi connectivity index (χ1v) is 12.5. The number of rotatable bonds is 7. The van der Waals surface area contributed by atoms with Crippen molar-refractivity contribution in [3.05, 3.63) is 78.9 Å². The Kier molecular flexibility index (Phi) is 7.13. The van der Waals surface area contributed by atoms with Gasteiger partial charge in [-0.05, 0) is 60.7 Å². The van der Waals surface area contributed by atoms with Gasteiger partial charge in [-0.3, -0.25) is 14.3 Å². The summed E-state index contributed by atoms with van der Waals surface area (Å²) in [6, 6.07) is 17.9. The number of halogens is 1. The fourth-order valence-electron chi connectivity index (χ4n) is 4.10. The molecule has 3 heterocycles. The Morgan fingerprint density at radius 2 is 1.58 bits per heavy atom. The summed E-state index contributed by atoms with van der Waals surface area (Å²) in [6.07, 6.45) is 3.43. The molecule has 0 radical (unpaired) electrons. The van der Waals surface area contributed by atoms with Crippen LogP contribution in [0.5, 0.6) is 5.75 Å². The maximum atomic E-state index is 13.2. The molecule has 0 N–H and O–H groups in total. The molecule has 0 aliphatic carbocycles. The number of ether oxygens (including phenoxy) is 1. The summed E-state index contributed by atoms with van der Waals surface area (Å²) < 4.78 is 20.5. The lowest BCUT2D eigenvalue weighted by Crippen LogP contribution is -2.49. The van der Waals surface area contributed by atoms with Gasteiger partial charge in [-0.25, -0.2) is 4.39 Å². The number of piperazine rings is 1. The molecule has 0 atom stereocenters. The molecule has 2 aromatic carbocycles. The van der Waals surface area contributed by atoms with Crippen molar-refractivity contribution < 1.29 is 13.9 Å². The van der Waals surface area contributed by atoms with Crippen molar-refractivity contribution in [1.82, 2.24) is 24.6 Å². The third kappa shape index (κ3) is 5.18. The summed E-state index contributed by atoms with van der Waals surface area (Å²) in [4.78, 5) is 21.1. The topological polar surface area (TPSA) is 76.4 Å². The highest BCUT2D eigenvalue weighted by Crippen LogP contribution is 2.29. The number of amides is 1. The number of nitrogens with zero attached hydrogens (tertiary/aromatic N) is 6. The summed E-state index contributed by atoms with van der Waals surface area (Å²) in [5.74, 6) is 1.47. The number of carbonyl (C=O) groups is 1. The van der Waals surface area contributed by atoms with Crippen LogP contribution in [-0.2, 0) is 4.79 Å². The van der Waals surface area contributed by atoms with Crippen LogP contribution in [0, 0.1) is 5.82 Å². The Hall–Kier alpha value is -3.92. The van der Waals surface area contributed by atoms with Crippen LogP contribution in [0.2, 0.25) is 0 Å². The summed E-state index contributed by atoms with van der Waals surface area (Å²) in [7, 11) is 1.63. The normalized spacial score (nSPS) is 13.6. The molecule has 184 valence electrons. The molecule has 0 bridgehead atoms. The van der Waals surface area contributed by atoms with E-state index >= 15 is 0 Å². The third-order valence-electron chi connectivity index (χ3n) is 6.05. The molecule has 4 aromatic rings. The van der Waals surface area contributed by atoms with Gasteiger partial charge in [0.25, 0.3) is 0 Å². The first kappa shape index (κ1) is 23.8. The zero-order chi connectivity index (χ0) is 24.9. The van der Waals surface area contributed by atoms with Crippen molar-refractivity contribution in [2.45, 2.75) is 5.16 Å². The van der Waals surface area contributed by atoms with Crippen LogP contribution in [0.3, 0.4) is 0 Å². The molecule has 5 rings (SSSR count). The van der Waals surface area contributed by atoms with Gasteiger partial charge in [-0.15, -0.1) is 10.2 Å². The Labute approximate surface area is 212 Å². The van der Waals surface area contributed by atoms with E-state index in [4.69, 9.17) is 4.74 Å². The number of aromatic nitrogens is 4. The van der Waals surface area contributed by atoms with Crippen molar-refractivity contribution in [3.63, 3.8) is 0 Å². The van der Waals surface area contributed by atoms with Crippen molar-refractivity contribution in [2.75, 3.05) is 43.9 Å². The van der Waals surface area contributed by atoms with Gasteiger partial charge in [0, 0.05) is 55.5 Å². The number of pyridine rings is 1. The van der Waals surface area contributed by atoms with E-state index in [-0.39, 0.29) is 17.5 Å². The number of hydrogen-bond acceptors (Lipinski definition) is 7. The van der Waals surface area contributed by atoms with Crippen LogP contribution in [-0.4, -0.2) is 69.6 Å². The molecule has 1 amide bonds. The standard InChI is InChI=1S/C26H25FN6O2S/c1-35-23-8-6-22(7-9-23)33-25(19-10-12-28-13-11-19)29-30-26(33)36-18-24(34)32-16-14-31(15-17-32)21-4-2-20(27)3-5-21/h2-13H,14-18H2,1H3. The van der Waals surface area contributed by atoms with Gasteiger partial charge in [-0.2, -0.15) is 0 Å². The summed E-state index contributed by atoms with van der Waals surface area (Å²) in [5.41, 5.74) is 2.72. The summed E-state index contributed by atoms with van der Waals surface area (Å²) in [5, 5.41) is 9.45. The number of carbonyl (C=O) groups excluding carboxylic acids is 1. The number of methoxy groups -OCH3 is 1. The molecule has 10 heteroatoms. The van der Waals surface area contributed by atoms with Crippen molar-refractivity contribution >= 4 is 23.4 Å². The lowest BCUT2D eigenvalue weighted by atomic mass is 10.2. The van der Waals surface area contributed by atoms with Gasteiger partial charge in [0.15, 0.2) is 11.0 Å². The molecular formula is C26H25FN6O2S. The van der Waals surface area contributed by atoms with Gasteiger partial charge in [-0.1, -0.05) is 11.8 Å². The average Bonchev–Trinajstić information content (AvgIpc) is 3.37. The first-order valence-electron chi connectivity index (χ1n) is 11.5. The molecule has 0 unspecified atom stereocenters. The van der Waals surface area contributed by atoms with Crippen LogP contribution >= 0.6 is 11.8 Å². The molecule has 36 heavy (non-hydrogen) atoms. The minimum atomic E-state index is -0.251. The second kappa shape index (κ2) is 10.8. The van der Waals surface area contributed by atoms with Crippen LogP contribution in [0.25, 0.3) is 17.1 Å². The number of benzene rings is 2. The smallest absolute Gasteiger partial charge is 0.233 e. The Balaban J connectivity index is 1.29. The highest BCUT2D eigenvalue weighted by atomic mass is 32.2. The maximum absolute atomic E-state index is 13.2. The molecule has 1 fully saturated rings. The van der Waals surface area contributed by atoms with E-state index in [0.717, 1.165) is 22.7 Å². The minimum absolute atomic E-state index is 0.0495. The Bertz CT molecular complexity index is 1310. The number of thioether (sulfide) groups is 1. The van der Waals surface area contributed by atoms with E-state index in [9.17, 15) is 9.18 Å². The first-order chi connectivity index (χ1) is 17.6. The van der Waals surface area contributed by atoms with Gasteiger partial charge in [0.05, 0.1) is 12.9 Å². The van der Waals surface area contributed by atoms with Crippen LogP contribution < -0.4 is 9.64 Å². The number of anilines is 1. The predicted octanol–water partition coefficient (Wildman–Crippen LogP) is 3.92. The quantitative estimate of drug-likeness (QED) is 0.353. The molecule has 1 aliphatic rings. The van der Waals surface area contributed by atoms with Crippen LogP contribution in [0.1, 0.15) is 0 Å². The second-order valence-corrected chi connectivity index (χ2v) is 9.15. The van der Waals surface area contributed by atoms with Crippen molar-refractivity contribution in [3.8, 4) is 22.8 Å². The lowest BCUT2D eigenvalue weighted by Gasteiger charge is -2.36. The largest absolute Gasteiger partial charge is 0.497 e. The van der Waals surface area contributed by atoms with E-state index in [1.54, 1.807) is 31.6 Å². The zero-order valence-corrected chi connectivity index (χ0v) is 20.6. The van der Waals surface area contributed by atoms with Crippen molar-refractivity contribution in [2.24, 2.45) is 0 Å². The molecule has 1 aliphatic heterocycles. The molecule has 8 nitrogen and oxygen atoms in total. The predicted molar refractivity (Wildman–Crippen MR) is 137 cm³/mol.